The normalized spacial score (nSPS) is 9.95. The minimum atomic E-state index is -0.362. The van der Waals surface area contributed by atoms with Gasteiger partial charge in [0.2, 0.25) is 5.91 Å². The summed E-state index contributed by atoms with van der Waals surface area (Å²) in [6.45, 7) is 2.39. The van der Waals surface area contributed by atoms with Gasteiger partial charge in [-0.25, -0.2) is 0 Å². The van der Waals surface area contributed by atoms with Crippen molar-refractivity contribution in [1.29, 1.82) is 5.26 Å². The average Bonchev–Trinajstić information content (AvgIpc) is 2.78. The lowest BCUT2D eigenvalue weighted by Crippen LogP contribution is -2.26. The summed E-state index contributed by atoms with van der Waals surface area (Å²) in [5.74, 6) is 0.126. The topological polar surface area (TPSA) is 110 Å². The van der Waals surface area contributed by atoms with Gasteiger partial charge in [-0.15, -0.1) is 10.2 Å². The zero-order valence-corrected chi connectivity index (χ0v) is 12.8. The molecular formula is C12H17N5O3S. The van der Waals surface area contributed by atoms with Crippen LogP contribution >= 0.6 is 11.8 Å². The number of nitriles is 1. The van der Waals surface area contributed by atoms with Crippen molar-refractivity contribution >= 4 is 23.6 Å². The van der Waals surface area contributed by atoms with Gasteiger partial charge in [0.25, 0.3) is 0 Å². The van der Waals surface area contributed by atoms with Crippen LogP contribution in [-0.4, -0.2) is 45.5 Å². The fourth-order valence-electron chi connectivity index (χ4n) is 1.40. The van der Waals surface area contributed by atoms with Gasteiger partial charge in [0, 0.05) is 13.6 Å². The number of hydrogen-bond donors (Lipinski definition) is 1. The van der Waals surface area contributed by atoms with Gasteiger partial charge in [-0.3, -0.25) is 9.59 Å². The van der Waals surface area contributed by atoms with E-state index in [2.05, 4.69) is 15.5 Å². The Morgan fingerprint density at radius 2 is 2.24 bits per heavy atom. The van der Waals surface area contributed by atoms with E-state index in [0.717, 1.165) is 0 Å². The van der Waals surface area contributed by atoms with E-state index >= 15 is 0 Å². The third kappa shape index (κ3) is 5.83. The second-order valence-electron chi connectivity index (χ2n) is 3.99. The van der Waals surface area contributed by atoms with Crippen molar-refractivity contribution < 1.29 is 14.3 Å². The summed E-state index contributed by atoms with van der Waals surface area (Å²) in [5.41, 5.74) is 0. The first-order valence-electron chi connectivity index (χ1n) is 6.38. The van der Waals surface area contributed by atoms with Crippen LogP contribution in [0.25, 0.3) is 0 Å². The number of nitrogens with zero attached hydrogens (tertiary/aromatic N) is 4. The zero-order valence-electron chi connectivity index (χ0n) is 12.0. The Bertz CT molecular complexity index is 537. The van der Waals surface area contributed by atoms with Crippen LogP contribution in [0.2, 0.25) is 0 Å². The van der Waals surface area contributed by atoms with Crippen LogP contribution in [0.3, 0.4) is 0 Å². The van der Waals surface area contributed by atoms with Crippen LogP contribution in [0.1, 0.15) is 19.2 Å². The quantitative estimate of drug-likeness (QED) is 0.410. The fourth-order valence-corrected chi connectivity index (χ4v) is 2.16. The summed E-state index contributed by atoms with van der Waals surface area (Å²) in [6, 6.07) is 1.95. The minimum Gasteiger partial charge on any atom is -0.466 e. The molecule has 0 aliphatic rings. The van der Waals surface area contributed by atoms with E-state index in [4.69, 9.17) is 10.00 Å². The molecule has 0 aliphatic heterocycles. The van der Waals surface area contributed by atoms with Gasteiger partial charge in [0.15, 0.2) is 5.16 Å². The molecule has 1 amide bonds. The average molecular weight is 311 g/mol. The van der Waals surface area contributed by atoms with E-state index in [0.29, 0.717) is 24.1 Å². The number of thioether (sulfide) groups is 1. The van der Waals surface area contributed by atoms with Crippen molar-refractivity contribution in [3.8, 4) is 6.07 Å². The molecule has 0 spiro atoms. The van der Waals surface area contributed by atoms with Crippen LogP contribution in [0.5, 0.6) is 0 Å². The third-order valence-corrected chi connectivity index (χ3v) is 3.44. The summed E-state index contributed by atoms with van der Waals surface area (Å²) >= 11 is 1.22. The maximum atomic E-state index is 11.5. The van der Waals surface area contributed by atoms with Crippen molar-refractivity contribution in [3.63, 3.8) is 0 Å². The molecule has 1 heterocycles. The predicted octanol–water partition coefficient (Wildman–Crippen LogP) is 0.0427. The van der Waals surface area contributed by atoms with Crippen LogP contribution < -0.4 is 5.32 Å². The highest BCUT2D eigenvalue weighted by atomic mass is 32.2. The molecule has 0 saturated heterocycles. The largest absolute Gasteiger partial charge is 0.466 e. The number of aromatic nitrogens is 3. The van der Waals surface area contributed by atoms with Crippen molar-refractivity contribution in [2.45, 2.75) is 24.9 Å². The van der Waals surface area contributed by atoms with Gasteiger partial charge in [0.05, 0.1) is 24.8 Å². The van der Waals surface area contributed by atoms with E-state index in [-0.39, 0.29) is 30.5 Å². The van der Waals surface area contributed by atoms with E-state index in [1.165, 1.54) is 11.8 Å². The molecule has 1 N–H and O–H groups in total. The highest BCUT2D eigenvalue weighted by Crippen LogP contribution is 2.15. The molecule has 9 heteroatoms. The lowest BCUT2D eigenvalue weighted by Gasteiger charge is -2.04. The van der Waals surface area contributed by atoms with Gasteiger partial charge in [-0.1, -0.05) is 11.8 Å². The number of amides is 1. The SMILES string of the molecule is CCOC(=O)Cc1nnc(SCC(=O)NCCC#N)n1C. The van der Waals surface area contributed by atoms with Crippen molar-refractivity contribution in [3.05, 3.63) is 5.82 Å². The van der Waals surface area contributed by atoms with Crippen LogP contribution in [0.15, 0.2) is 5.16 Å². The first kappa shape index (κ1) is 17.0. The number of hydrogen-bond acceptors (Lipinski definition) is 7. The second kappa shape index (κ2) is 8.97. The highest BCUT2D eigenvalue weighted by Gasteiger charge is 2.14. The Labute approximate surface area is 126 Å². The van der Waals surface area contributed by atoms with E-state index in [1.54, 1.807) is 18.5 Å². The number of carbonyl (C=O) groups is 2. The molecule has 8 nitrogen and oxygen atoms in total. The second-order valence-corrected chi connectivity index (χ2v) is 4.93. The minimum absolute atomic E-state index is 0.0479. The zero-order chi connectivity index (χ0) is 15.7. The number of rotatable bonds is 8. The molecule has 114 valence electrons. The summed E-state index contributed by atoms with van der Waals surface area (Å²) in [4.78, 5) is 22.9. The summed E-state index contributed by atoms with van der Waals surface area (Å²) in [5, 5.41) is 19.4. The predicted molar refractivity (Wildman–Crippen MR) is 75.3 cm³/mol. The maximum absolute atomic E-state index is 11.5. The number of carbonyl (C=O) groups excluding carboxylic acids is 2. The molecule has 0 atom stereocenters. The van der Waals surface area contributed by atoms with Gasteiger partial charge in [0.1, 0.15) is 12.2 Å². The van der Waals surface area contributed by atoms with Crippen LogP contribution in [0, 0.1) is 11.3 Å². The van der Waals surface area contributed by atoms with Crippen molar-refractivity contribution in [1.82, 2.24) is 20.1 Å². The number of nitrogens with one attached hydrogen (secondary N) is 1. The van der Waals surface area contributed by atoms with Gasteiger partial charge in [-0.05, 0) is 6.92 Å². The van der Waals surface area contributed by atoms with Crippen molar-refractivity contribution in [2.24, 2.45) is 7.05 Å². The van der Waals surface area contributed by atoms with Crippen LogP contribution in [-0.2, 0) is 27.8 Å². The molecule has 0 fully saturated rings. The maximum Gasteiger partial charge on any atom is 0.313 e. The monoisotopic (exact) mass is 311 g/mol. The summed E-state index contributed by atoms with van der Waals surface area (Å²) in [7, 11) is 1.73. The molecule has 0 unspecified atom stereocenters. The molecule has 1 aromatic rings. The first-order chi connectivity index (χ1) is 10.1. The molecule has 0 aromatic carbocycles. The molecule has 0 bridgehead atoms. The number of esters is 1. The fraction of sp³-hybridized carbons (Fsp3) is 0.583. The number of ether oxygens (including phenoxy) is 1. The molecule has 1 aromatic heterocycles. The van der Waals surface area contributed by atoms with E-state index < -0.39 is 0 Å². The van der Waals surface area contributed by atoms with E-state index in [9.17, 15) is 9.59 Å². The molecular weight excluding hydrogens is 294 g/mol. The van der Waals surface area contributed by atoms with Gasteiger partial charge in [-0.2, -0.15) is 5.26 Å². The molecule has 1 rings (SSSR count). The Balaban J connectivity index is 2.46. The molecule has 0 saturated carbocycles. The molecule has 0 aliphatic carbocycles. The smallest absolute Gasteiger partial charge is 0.313 e. The molecule has 0 radical (unpaired) electrons. The Morgan fingerprint density at radius 1 is 1.48 bits per heavy atom. The lowest BCUT2D eigenvalue weighted by molar-refractivity contribution is -0.142. The Hall–Kier alpha value is -2.08. The van der Waals surface area contributed by atoms with Crippen LogP contribution in [0.4, 0.5) is 0 Å². The lowest BCUT2D eigenvalue weighted by atomic mass is 10.4. The standard InChI is InChI=1S/C12H17N5O3S/c1-3-20-11(19)7-9-15-16-12(17(9)2)21-8-10(18)14-6-4-5-13/h3-4,6-8H2,1-2H3,(H,14,18). The highest BCUT2D eigenvalue weighted by molar-refractivity contribution is 7.99. The summed E-state index contributed by atoms with van der Waals surface area (Å²) < 4.78 is 6.50. The third-order valence-electron chi connectivity index (χ3n) is 2.42. The Kier molecular flexibility index (Phi) is 7.25. The first-order valence-corrected chi connectivity index (χ1v) is 7.37. The van der Waals surface area contributed by atoms with E-state index in [1.807, 2.05) is 6.07 Å². The molecule has 21 heavy (non-hydrogen) atoms. The van der Waals surface area contributed by atoms with Crippen molar-refractivity contribution in [2.75, 3.05) is 18.9 Å². The van der Waals surface area contributed by atoms with Gasteiger partial charge >= 0.3 is 5.97 Å². The Morgan fingerprint density at radius 3 is 2.90 bits per heavy atom. The summed E-state index contributed by atoms with van der Waals surface area (Å²) in [6.07, 6.45) is 0.330. The van der Waals surface area contributed by atoms with Gasteiger partial charge < -0.3 is 14.6 Å².